The van der Waals surface area contributed by atoms with Crippen LogP contribution in [-0.2, 0) is 20.7 Å². The van der Waals surface area contributed by atoms with E-state index in [1.165, 1.54) is 25.3 Å². The molecule has 0 radical (unpaired) electrons. The van der Waals surface area contributed by atoms with Crippen molar-refractivity contribution in [2.45, 2.75) is 12.8 Å². The number of ketones is 2. The van der Waals surface area contributed by atoms with Gasteiger partial charge in [-0.25, -0.2) is 4.79 Å². The minimum atomic E-state index is -0.377. The van der Waals surface area contributed by atoms with Crippen molar-refractivity contribution in [2.24, 2.45) is 0 Å². The molecule has 20 heavy (non-hydrogen) atoms. The predicted octanol–water partition coefficient (Wildman–Crippen LogP) is 2.04. The Balaban J connectivity index is 1.99. The number of carbonyl (C=O) groups excluding carboxylic acids is 3. The fourth-order valence-electron chi connectivity index (χ4n) is 1.96. The Bertz CT molecular complexity index is 606. The molecule has 1 aliphatic carbocycles. The minimum Gasteiger partial charge on any atom is -0.465 e. The van der Waals surface area contributed by atoms with Gasteiger partial charge in [0.05, 0.1) is 12.7 Å². The average Bonchev–Trinajstić information content (AvgIpc) is 2.48. The van der Waals surface area contributed by atoms with Gasteiger partial charge in [0.25, 0.3) is 0 Å². The van der Waals surface area contributed by atoms with Crippen LogP contribution in [0.25, 0.3) is 0 Å². The second-order valence-electron chi connectivity index (χ2n) is 4.46. The highest BCUT2D eigenvalue weighted by atomic mass is 16.5. The van der Waals surface area contributed by atoms with Crippen LogP contribution in [0.4, 0.5) is 0 Å². The third-order valence-corrected chi connectivity index (χ3v) is 3.09. The lowest BCUT2D eigenvalue weighted by molar-refractivity contribution is -0.114. The van der Waals surface area contributed by atoms with E-state index in [1.807, 2.05) is 12.1 Å². The van der Waals surface area contributed by atoms with Gasteiger partial charge in [0, 0.05) is 5.57 Å². The smallest absolute Gasteiger partial charge is 0.337 e. The Hall–Kier alpha value is -2.49. The molecule has 102 valence electrons. The quantitative estimate of drug-likeness (QED) is 0.620. The summed E-state index contributed by atoms with van der Waals surface area (Å²) in [6.45, 7) is 0. The SMILES string of the molecule is COC(=O)c1ccc(CCC2=CC(=O)C=CC2=O)cc1. The number of hydrogen-bond donors (Lipinski definition) is 0. The maximum absolute atomic E-state index is 11.6. The Labute approximate surface area is 116 Å². The first kappa shape index (κ1) is 13.9. The van der Waals surface area contributed by atoms with Crippen molar-refractivity contribution in [1.82, 2.24) is 0 Å². The highest BCUT2D eigenvalue weighted by Crippen LogP contribution is 2.14. The summed E-state index contributed by atoms with van der Waals surface area (Å²) >= 11 is 0. The van der Waals surface area contributed by atoms with Gasteiger partial charge in [-0.3, -0.25) is 9.59 Å². The molecule has 0 saturated carbocycles. The molecule has 4 nitrogen and oxygen atoms in total. The Kier molecular flexibility index (Phi) is 4.25. The van der Waals surface area contributed by atoms with E-state index in [1.54, 1.807) is 12.1 Å². The Morgan fingerprint density at radius 2 is 1.75 bits per heavy atom. The second kappa shape index (κ2) is 6.10. The molecular formula is C16H14O4. The average molecular weight is 270 g/mol. The van der Waals surface area contributed by atoms with Crippen molar-refractivity contribution >= 4 is 17.5 Å². The largest absolute Gasteiger partial charge is 0.465 e. The molecule has 2 rings (SSSR count). The monoisotopic (exact) mass is 270 g/mol. The molecule has 0 aliphatic heterocycles. The number of benzene rings is 1. The van der Waals surface area contributed by atoms with Crippen LogP contribution in [0.2, 0.25) is 0 Å². The summed E-state index contributed by atoms with van der Waals surface area (Å²) in [4.78, 5) is 34.1. The molecule has 0 unspecified atom stereocenters. The molecule has 0 fully saturated rings. The molecule has 1 aromatic rings. The summed E-state index contributed by atoms with van der Waals surface area (Å²) in [7, 11) is 1.34. The number of esters is 1. The Morgan fingerprint density at radius 1 is 1.05 bits per heavy atom. The summed E-state index contributed by atoms with van der Waals surface area (Å²) in [5.41, 5.74) is 2.00. The molecule has 0 bridgehead atoms. The maximum atomic E-state index is 11.6. The molecule has 0 amide bonds. The molecule has 0 atom stereocenters. The van der Waals surface area contributed by atoms with Crippen molar-refractivity contribution in [3.8, 4) is 0 Å². The first-order valence-corrected chi connectivity index (χ1v) is 6.24. The van der Waals surface area contributed by atoms with Gasteiger partial charge in [-0.15, -0.1) is 0 Å². The topological polar surface area (TPSA) is 60.4 Å². The van der Waals surface area contributed by atoms with Crippen LogP contribution in [0, 0.1) is 0 Å². The van der Waals surface area contributed by atoms with Crippen LogP contribution in [0.1, 0.15) is 22.3 Å². The van der Waals surface area contributed by atoms with E-state index < -0.39 is 0 Å². The standard InChI is InChI=1S/C16H14O4/c1-20-16(19)12-5-2-11(3-6-12)4-7-13-10-14(17)8-9-15(13)18/h2-3,5-6,8-10H,4,7H2,1H3. The second-order valence-corrected chi connectivity index (χ2v) is 4.46. The number of rotatable bonds is 4. The summed E-state index contributed by atoms with van der Waals surface area (Å²) < 4.78 is 4.62. The van der Waals surface area contributed by atoms with Gasteiger partial charge in [-0.05, 0) is 48.8 Å². The van der Waals surface area contributed by atoms with E-state index in [4.69, 9.17) is 0 Å². The fourth-order valence-corrected chi connectivity index (χ4v) is 1.96. The number of carbonyl (C=O) groups is 3. The third kappa shape index (κ3) is 3.29. The van der Waals surface area contributed by atoms with Crippen molar-refractivity contribution < 1.29 is 19.1 Å². The number of allylic oxidation sites excluding steroid dienone is 4. The minimum absolute atomic E-state index is 0.115. The number of hydrogen-bond acceptors (Lipinski definition) is 4. The summed E-state index contributed by atoms with van der Waals surface area (Å²) in [6.07, 6.45) is 5.10. The van der Waals surface area contributed by atoms with Crippen molar-refractivity contribution in [2.75, 3.05) is 7.11 Å². The van der Waals surface area contributed by atoms with Gasteiger partial charge >= 0.3 is 5.97 Å². The number of methoxy groups -OCH3 is 1. The van der Waals surface area contributed by atoms with Crippen LogP contribution in [-0.4, -0.2) is 24.6 Å². The normalized spacial score (nSPS) is 14.2. The zero-order valence-electron chi connectivity index (χ0n) is 11.1. The van der Waals surface area contributed by atoms with E-state index in [0.29, 0.717) is 24.0 Å². The molecule has 0 spiro atoms. The predicted molar refractivity (Wildman–Crippen MR) is 73.3 cm³/mol. The molecule has 0 saturated heterocycles. The van der Waals surface area contributed by atoms with Gasteiger partial charge in [0.1, 0.15) is 0 Å². The van der Waals surface area contributed by atoms with E-state index in [2.05, 4.69) is 4.74 Å². The summed E-state index contributed by atoms with van der Waals surface area (Å²) in [5.74, 6) is -0.645. The van der Waals surface area contributed by atoms with Crippen LogP contribution in [0.5, 0.6) is 0 Å². The van der Waals surface area contributed by atoms with E-state index in [9.17, 15) is 14.4 Å². The fraction of sp³-hybridized carbons (Fsp3) is 0.188. The van der Waals surface area contributed by atoms with Crippen molar-refractivity contribution in [3.05, 3.63) is 59.2 Å². The zero-order chi connectivity index (χ0) is 14.5. The lowest BCUT2D eigenvalue weighted by Gasteiger charge is -2.07. The molecule has 1 aromatic carbocycles. The summed E-state index contributed by atoms with van der Waals surface area (Å²) in [6, 6.07) is 7.00. The van der Waals surface area contributed by atoms with Crippen molar-refractivity contribution in [1.29, 1.82) is 0 Å². The highest BCUT2D eigenvalue weighted by Gasteiger charge is 2.13. The zero-order valence-corrected chi connectivity index (χ0v) is 11.1. The molecule has 1 aliphatic rings. The van der Waals surface area contributed by atoms with Gasteiger partial charge in [0.15, 0.2) is 11.6 Å². The van der Waals surface area contributed by atoms with Gasteiger partial charge in [-0.1, -0.05) is 12.1 Å². The van der Waals surface area contributed by atoms with Crippen molar-refractivity contribution in [3.63, 3.8) is 0 Å². The van der Waals surface area contributed by atoms with Gasteiger partial charge in [0.2, 0.25) is 0 Å². The highest BCUT2D eigenvalue weighted by molar-refractivity contribution is 6.17. The molecular weight excluding hydrogens is 256 g/mol. The molecule has 4 heteroatoms. The van der Waals surface area contributed by atoms with E-state index in [0.717, 1.165) is 5.56 Å². The first-order chi connectivity index (χ1) is 9.60. The maximum Gasteiger partial charge on any atom is 0.337 e. The van der Waals surface area contributed by atoms with Crippen LogP contribution in [0.3, 0.4) is 0 Å². The van der Waals surface area contributed by atoms with Crippen LogP contribution < -0.4 is 0 Å². The Morgan fingerprint density at radius 3 is 2.40 bits per heavy atom. The molecule has 0 heterocycles. The van der Waals surface area contributed by atoms with E-state index >= 15 is 0 Å². The van der Waals surface area contributed by atoms with Gasteiger partial charge < -0.3 is 4.74 Å². The van der Waals surface area contributed by atoms with Gasteiger partial charge in [-0.2, -0.15) is 0 Å². The molecule has 0 N–H and O–H groups in total. The summed E-state index contributed by atoms with van der Waals surface area (Å²) in [5, 5.41) is 0. The molecule has 0 aromatic heterocycles. The lowest BCUT2D eigenvalue weighted by Crippen LogP contribution is -2.08. The lowest BCUT2D eigenvalue weighted by atomic mass is 9.96. The van der Waals surface area contributed by atoms with E-state index in [-0.39, 0.29) is 17.5 Å². The van der Waals surface area contributed by atoms with Crippen LogP contribution >= 0.6 is 0 Å². The number of ether oxygens (including phenoxy) is 1. The third-order valence-electron chi connectivity index (χ3n) is 3.09. The first-order valence-electron chi connectivity index (χ1n) is 6.24. The van der Waals surface area contributed by atoms with Crippen LogP contribution in [0.15, 0.2) is 48.1 Å². The number of aryl methyl sites for hydroxylation is 1.